The van der Waals surface area contributed by atoms with Gasteiger partial charge in [0, 0.05) is 11.3 Å². The van der Waals surface area contributed by atoms with E-state index >= 15 is 0 Å². The van der Waals surface area contributed by atoms with Crippen LogP contribution in [0.1, 0.15) is 31.3 Å². The molecule has 0 radical (unpaired) electrons. The molecule has 1 heterocycles. The van der Waals surface area contributed by atoms with Crippen molar-refractivity contribution in [1.29, 1.82) is 0 Å². The maximum atomic E-state index is 10.2. The quantitative estimate of drug-likeness (QED) is 0.888. The normalized spacial score (nSPS) is 12.5. The van der Waals surface area contributed by atoms with Crippen molar-refractivity contribution in [3.8, 4) is 22.9 Å². The molecule has 0 saturated carbocycles. The molecule has 1 aromatic carbocycles. The largest absolute Gasteiger partial charge is 0.493 e. The molecule has 2 N–H and O–H groups in total. The highest BCUT2D eigenvalue weighted by Crippen LogP contribution is 2.32. The molecular formula is C16H22N2O3. The van der Waals surface area contributed by atoms with Crippen LogP contribution in [0.4, 0.5) is 0 Å². The smallest absolute Gasteiger partial charge is 0.161 e. The van der Waals surface area contributed by atoms with Gasteiger partial charge in [-0.2, -0.15) is 0 Å². The molecule has 21 heavy (non-hydrogen) atoms. The molecule has 0 aliphatic rings. The molecule has 0 amide bonds. The summed E-state index contributed by atoms with van der Waals surface area (Å²) < 4.78 is 10.5. The van der Waals surface area contributed by atoms with E-state index in [1.165, 1.54) is 0 Å². The van der Waals surface area contributed by atoms with Gasteiger partial charge in [-0.25, -0.2) is 4.98 Å². The number of nitrogens with one attached hydrogen (secondary N) is 1. The van der Waals surface area contributed by atoms with Gasteiger partial charge in [0.05, 0.1) is 19.9 Å². The molecule has 2 rings (SSSR count). The van der Waals surface area contributed by atoms with Crippen LogP contribution in [0, 0.1) is 12.8 Å². The summed E-state index contributed by atoms with van der Waals surface area (Å²) in [5.41, 5.74) is 2.45. The van der Waals surface area contributed by atoms with Crippen molar-refractivity contribution < 1.29 is 14.6 Å². The molecule has 1 atom stereocenters. The van der Waals surface area contributed by atoms with Gasteiger partial charge in [-0.15, -0.1) is 0 Å². The molecule has 2 aromatic rings. The van der Waals surface area contributed by atoms with Crippen LogP contribution >= 0.6 is 0 Å². The average Bonchev–Trinajstić information content (AvgIpc) is 2.87. The van der Waals surface area contributed by atoms with Crippen LogP contribution in [0.2, 0.25) is 0 Å². The number of hydrogen-bond donors (Lipinski definition) is 2. The highest BCUT2D eigenvalue weighted by atomic mass is 16.5. The molecule has 0 aliphatic heterocycles. The SMILES string of the molecule is COc1ccc(-c2nc(C(O)C(C)C)c(C)[nH]2)cc1OC. The first-order valence-electron chi connectivity index (χ1n) is 6.94. The van der Waals surface area contributed by atoms with E-state index in [1.807, 2.05) is 39.0 Å². The lowest BCUT2D eigenvalue weighted by Gasteiger charge is -2.12. The van der Waals surface area contributed by atoms with Gasteiger partial charge < -0.3 is 19.6 Å². The minimum absolute atomic E-state index is 0.116. The molecule has 0 aliphatic carbocycles. The van der Waals surface area contributed by atoms with Gasteiger partial charge in [0.2, 0.25) is 0 Å². The second-order valence-corrected chi connectivity index (χ2v) is 5.35. The summed E-state index contributed by atoms with van der Waals surface area (Å²) in [7, 11) is 3.20. The molecule has 1 unspecified atom stereocenters. The number of hydrogen-bond acceptors (Lipinski definition) is 4. The lowest BCUT2D eigenvalue weighted by atomic mass is 10.0. The van der Waals surface area contributed by atoms with Crippen molar-refractivity contribution in [1.82, 2.24) is 9.97 Å². The van der Waals surface area contributed by atoms with Crippen LogP contribution in [0.5, 0.6) is 11.5 Å². The summed E-state index contributed by atoms with van der Waals surface area (Å²) in [5.74, 6) is 2.15. The minimum atomic E-state index is -0.574. The van der Waals surface area contributed by atoms with Crippen molar-refractivity contribution in [2.24, 2.45) is 5.92 Å². The third kappa shape index (κ3) is 3.03. The van der Waals surface area contributed by atoms with E-state index in [9.17, 15) is 5.11 Å². The molecule has 0 fully saturated rings. The van der Waals surface area contributed by atoms with E-state index < -0.39 is 6.10 Å². The van der Waals surface area contributed by atoms with E-state index in [0.29, 0.717) is 23.0 Å². The number of H-pyrrole nitrogens is 1. The summed E-state index contributed by atoms with van der Waals surface area (Å²) in [6.07, 6.45) is -0.574. The monoisotopic (exact) mass is 290 g/mol. The van der Waals surface area contributed by atoms with Gasteiger partial charge in [0.25, 0.3) is 0 Å². The number of ether oxygens (including phenoxy) is 2. The third-order valence-corrected chi connectivity index (χ3v) is 3.49. The number of methoxy groups -OCH3 is 2. The molecule has 114 valence electrons. The van der Waals surface area contributed by atoms with Crippen LogP contribution in [-0.2, 0) is 0 Å². The van der Waals surface area contributed by atoms with Crippen LogP contribution in [0.15, 0.2) is 18.2 Å². The minimum Gasteiger partial charge on any atom is -0.493 e. The second kappa shape index (κ2) is 6.18. The zero-order chi connectivity index (χ0) is 15.6. The number of benzene rings is 1. The number of nitrogens with zero attached hydrogens (tertiary/aromatic N) is 1. The van der Waals surface area contributed by atoms with E-state index in [0.717, 1.165) is 11.3 Å². The van der Waals surface area contributed by atoms with Crippen LogP contribution in [-0.4, -0.2) is 29.3 Å². The van der Waals surface area contributed by atoms with Crippen molar-refractivity contribution in [2.45, 2.75) is 26.9 Å². The van der Waals surface area contributed by atoms with Crippen molar-refractivity contribution in [3.05, 3.63) is 29.6 Å². The van der Waals surface area contributed by atoms with Gasteiger partial charge in [-0.1, -0.05) is 13.8 Å². The third-order valence-electron chi connectivity index (χ3n) is 3.49. The maximum absolute atomic E-state index is 10.2. The molecule has 1 aromatic heterocycles. The standard InChI is InChI=1S/C16H22N2O3/c1-9(2)15(19)14-10(3)17-16(18-14)11-6-7-12(20-4)13(8-11)21-5/h6-9,15,19H,1-5H3,(H,17,18). The fourth-order valence-corrected chi connectivity index (χ4v) is 2.20. The number of aliphatic hydroxyl groups excluding tert-OH is 1. The van der Waals surface area contributed by atoms with Gasteiger partial charge >= 0.3 is 0 Å². The highest BCUT2D eigenvalue weighted by molar-refractivity contribution is 5.61. The van der Waals surface area contributed by atoms with E-state index in [4.69, 9.17) is 9.47 Å². The number of aromatic nitrogens is 2. The highest BCUT2D eigenvalue weighted by Gasteiger charge is 2.19. The first-order chi connectivity index (χ1) is 9.97. The van der Waals surface area contributed by atoms with Gasteiger partial charge in [-0.05, 0) is 31.0 Å². The van der Waals surface area contributed by atoms with Crippen LogP contribution < -0.4 is 9.47 Å². The van der Waals surface area contributed by atoms with Crippen molar-refractivity contribution in [2.75, 3.05) is 14.2 Å². The van der Waals surface area contributed by atoms with Gasteiger partial charge in [-0.3, -0.25) is 0 Å². The second-order valence-electron chi connectivity index (χ2n) is 5.35. The Bertz CT molecular complexity index is 620. The molecule has 0 bridgehead atoms. The Balaban J connectivity index is 2.41. The predicted molar refractivity (Wildman–Crippen MR) is 81.7 cm³/mol. The Morgan fingerprint density at radius 1 is 1.14 bits per heavy atom. The first kappa shape index (κ1) is 15.4. The van der Waals surface area contributed by atoms with Gasteiger partial charge in [0.15, 0.2) is 11.5 Å². The Labute approximate surface area is 124 Å². The number of aryl methyl sites for hydroxylation is 1. The number of aromatic amines is 1. The number of imidazole rings is 1. The maximum Gasteiger partial charge on any atom is 0.161 e. The van der Waals surface area contributed by atoms with Gasteiger partial charge in [0.1, 0.15) is 11.9 Å². The Morgan fingerprint density at radius 3 is 2.38 bits per heavy atom. The Morgan fingerprint density at radius 2 is 1.81 bits per heavy atom. The summed E-state index contributed by atoms with van der Waals surface area (Å²) in [6.45, 7) is 5.85. The molecule has 5 heteroatoms. The van der Waals surface area contributed by atoms with E-state index in [-0.39, 0.29) is 5.92 Å². The van der Waals surface area contributed by atoms with E-state index in [2.05, 4.69) is 9.97 Å². The fraction of sp³-hybridized carbons (Fsp3) is 0.438. The van der Waals surface area contributed by atoms with Crippen LogP contribution in [0.3, 0.4) is 0 Å². The van der Waals surface area contributed by atoms with Crippen LogP contribution in [0.25, 0.3) is 11.4 Å². The fourth-order valence-electron chi connectivity index (χ4n) is 2.20. The zero-order valence-electron chi connectivity index (χ0n) is 13.1. The molecule has 0 spiro atoms. The van der Waals surface area contributed by atoms with Crippen molar-refractivity contribution >= 4 is 0 Å². The first-order valence-corrected chi connectivity index (χ1v) is 6.94. The molecular weight excluding hydrogens is 268 g/mol. The Hall–Kier alpha value is -2.01. The zero-order valence-corrected chi connectivity index (χ0v) is 13.1. The lowest BCUT2D eigenvalue weighted by Crippen LogP contribution is -2.07. The Kier molecular flexibility index (Phi) is 4.53. The summed E-state index contributed by atoms with van der Waals surface area (Å²) in [5, 5.41) is 10.2. The number of aliphatic hydroxyl groups is 1. The summed E-state index contributed by atoms with van der Waals surface area (Å²) >= 11 is 0. The molecule has 5 nitrogen and oxygen atoms in total. The molecule has 0 saturated heterocycles. The van der Waals surface area contributed by atoms with E-state index in [1.54, 1.807) is 14.2 Å². The van der Waals surface area contributed by atoms with Crippen molar-refractivity contribution in [3.63, 3.8) is 0 Å². The predicted octanol–water partition coefficient (Wildman–Crippen LogP) is 3.09. The average molecular weight is 290 g/mol. The topological polar surface area (TPSA) is 67.4 Å². The summed E-state index contributed by atoms with van der Waals surface area (Å²) in [4.78, 5) is 7.75. The summed E-state index contributed by atoms with van der Waals surface area (Å²) in [6, 6.07) is 5.61. The lowest BCUT2D eigenvalue weighted by molar-refractivity contribution is 0.122. The number of rotatable bonds is 5.